The third-order valence-corrected chi connectivity index (χ3v) is 0.187. The van der Waals surface area contributed by atoms with Gasteiger partial charge in [-0.15, -0.1) is 0 Å². The summed E-state index contributed by atoms with van der Waals surface area (Å²) in [5.41, 5.74) is 0. The second-order valence-electron chi connectivity index (χ2n) is 0.526. The fraction of sp³-hybridized carbons (Fsp3) is 1.00. The van der Waals surface area contributed by atoms with Gasteiger partial charge in [-0.2, -0.15) is 4.89 Å². The highest BCUT2D eigenvalue weighted by Gasteiger charge is 1.85. The predicted molar refractivity (Wildman–Crippen MR) is 15.1 cm³/mol. The Morgan fingerprint density at radius 3 is 2.38 bits per heavy atom. The number of aliphatic hydroxyl groups is 1. The molecule has 0 aromatic rings. The summed E-state index contributed by atoms with van der Waals surface area (Å²) < 4.78 is 0. The standard InChI is InChI=1S/CH4O7/c2-1-4-6-8-7-5-3/h2-3H,1H2. The summed E-state index contributed by atoms with van der Waals surface area (Å²) in [6, 6.07) is 0. The van der Waals surface area contributed by atoms with Crippen molar-refractivity contribution in [1.29, 1.82) is 0 Å². The molecule has 2 N–H and O–H groups in total. The maximum Gasteiger partial charge on any atom is 0.181 e. The molecule has 0 heterocycles. The van der Waals surface area contributed by atoms with E-state index in [1.807, 2.05) is 0 Å². The molecular weight excluding hydrogens is 124 g/mol. The maximum absolute atomic E-state index is 7.78. The summed E-state index contributed by atoms with van der Waals surface area (Å²) in [7, 11) is 0. The third-order valence-electron chi connectivity index (χ3n) is 0.187. The molecule has 7 heteroatoms. The zero-order chi connectivity index (χ0) is 6.24. The van der Waals surface area contributed by atoms with Crippen molar-refractivity contribution in [2.45, 2.75) is 0 Å². The highest BCUT2D eigenvalue weighted by Crippen LogP contribution is 1.79. The van der Waals surface area contributed by atoms with Crippen molar-refractivity contribution in [2.75, 3.05) is 6.79 Å². The average molecular weight is 128 g/mol. The van der Waals surface area contributed by atoms with Crippen LogP contribution in [0.1, 0.15) is 0 Å². The third kappa shape index (κ3) is 5.72. The summed E-state index contributed by atoms with van der Waals surface area (Å²) in [4.78, 5) is 3.65. The fourth-order valence-corrected chi connectivity index (χ4v) is 0.0649. The van der Waals surface area contributed by atoms with Gasteiger partial charge in [0.1, 0.15) is 0 Å². The first kappa shape index (κ1) is 7.72. The summed E-state index contributed by atoms with van der Waals surface area (Å²) in [6.07, 6.45) is 0. The van der Waals surface area contributed by atoms with E-state index in [9.17, 15) is 0 Å². The first-order chi connectivity index (χ1) is 3.91. The molecule has 0 aliphatic heterocycles. The lowest BCUT2D eigenvalue weighted by Gasteiger charge is -1.92. The Balaban J connectivity index is 2.53. The van der Waals surface area contributed by atoms with E-state index >= 15 is 0 Å². The lowest BCUT2D eigenvalue weighted by Crippen LogP contribution is -1.98. The summed E-state index contributed by atoms with van der Waals surface area (Å²) >= 11 is 0. The SMILES string of the molecule is OCOOOOOO. The molecule has 0 saturated heterocycles. The number of hydrogen-bond donors (Lipinski definition) is 2. The van der Waals surface area contributed by atoms with Gasteiger partial charge in [0.2, 0.25) is 0 Å². The molecule has 0 aliphatic rings. The molecule has 0 atom stereocenters. The number of aliphatic hydroxyl groups excluding tert-OH is 1. The molecule has 0 saturated carbocycles. The van der Waals surface area contributed by atoms with E-state index < -0.39 is 6.79 Å². The minimum atomic E-state index is -0.700. The van der Waals surface area contributed by atoms with Crippen molar-refractivity contribution in [1.82, 2.24) is 0 Å². The Kier molecular flexibility index (Phi) is 6.48. The Bertz CT molecular complexity index is 29.4. The van der Waals surface area contributed by atoms with Crippen LogP contribution < -0.4 is 0 Å². The van der Waals surface area contributed by atoms with Crippen LogP contribution in [0.5, 0.6) is 0 Å². The van der Waals surface area contributed by atoms with Crippen molar-refractivity contribution < 1.29 is 35.4 Å². The fourth-order valence-electron chi connectivity index (χ4n) is 0.0649. The van der Waals surface area contributed by atoms with Crippen molar-refractivity contribution in [3.63, 3.8) is 0 Å². The molecule has 0 aromatic heterocycles. The molecule has 0 spiro atoms. The van der Waals surface area contributed by atoms with Crippen molar-refractivity contribution in [2.24, 2.45) is 0 Å². The largest absolute Gasteiger partial charge is 0.368 e. The molecule has 8 heavy (non-hydrogen) atoms. The highest BCUT2D eigenvalue weighted by molar-refractivity contribution is 3.61. The monoisotopic (exact) mass is 128 g/mol. The topological polar surface area (TPSA) is 86.6 Å². The van der Waals surface area contributed by atoms with Gasteiger partial charge in [0.25, 0.3) is 0 Å². The molecule has 50 valence electrons. The van der Waals surface area contributed by atoms with E-state index in [1.54, 1.807) is 0 Å². The molecule has 0 fully saturated rings. The summed E-state index contributed by atoms with van der Waals surface area (Å²) in [5, 5.41) is 28.0. The highest BCUT2D eigenvalue weighted by atomic mass is 17.8. The first-order valence-corrected chi connectivity index (χ1v) is 1.45. The minimum absolute atomic E-state index is 0.700. The molecule has 0 rings (SSSR count). The molecule has 0 radical (unpaired) electrons. The van der Waals surface area contributed by atoms with Crippen LogP contribution in [-0.2, 0) is 25.0 Å². The van der Waals surface area contributed by atoms with Gasteiger partial charge in [-0.3, -0.25) is 0 Å². The molecule has 7 nitrogen and oxygen atoms in total. The number of hydrogen-bond acceptors (Lipinski definition) is 7. The second-order valence-corrected chi connectivity index (χ2v) is 0.526. The first-order valence-electron chi connectivity index (χ1n) is 1.45. The van der Waals surface area contributed by atoms with E-state index in [2.05, 4.69) is 25.0 Å². The van der Waals surface area contributed by atoms with Crippen LogP contribution in [0.4, 0.5) is 0 Å². The zero-order valence-electron chi connectivity index (χ0n) is 3.64. The summed E-state index contributed by atoms with van der Waals surface area (Å²) in [6.45, 7) is -0.700. The van der Waals surface area contributed by atoms with Crippen LogP contribution in [0, 0.1) is 0 Å². The van der Waals surface area contributed by atoms with Crippen LogP contribution in [0.15, 0.2) is 0 Å². The minimum Gasteiger partial charge on any atom is -0.368 e. The van der Waals surface area contributed by atoms with Gasteiger partial charge in [0.15, 0.2) is 6.79 Å². The van der Waals surface area contributed by atoms with E-state index in [4.69, 9.17) is 10.4 Å². The van der Waals surface area contributed by atoms with Gasteiger partial charge >= 0.3 is 0 Å². The van der Waals surface area contributed by atoms with Gasteiger partial charge in [0.05, 0.1) is 0 Å². The van der Waals surface area contributed by atoms with E-state index in [-0.39, 0.29) is 0 Å². The zero-order valence-corrected chi connectivity index (χ0v) is 3.64. The lowest BCUT2D eigenvalue weighted by molar-refractivity contribution is -0.755. The van der Waals surface area contributed by atoms with Crippen molar-refractivity contribution in [3.8, 4) is 0 Å². The molecule has 0 aromatic carbocycles. The van der Waals surface area contributed by atoms with Gasteiger partial charge in [-0.25, -0.2) is 5.26 Å². The predicted octanol–water partition coefficient (Wildman–Crippen LogP) is -0.848. The van der Waals surface area contributed by atoms with Crippen LogP contribution >= 0.6 is 0 Å². The van der Waals surface area contributed by atoms with Crippen molar-refractivity contribution in [3.05, 3.63) is 0 Å². The molecule has 0 unspecified atom stereocenters. The van der Waals surface area contributed by atoms with E-state index in [0.29, 0.717) is 0 Å². The van der Waals surface area contributed by atoms with Gasteiger partial charge in [-0.05, 0) is 20.2 Å². The van der Waals surface area contributed by atoms with Crippen LogP contribution in [0.2, 0.25) is 0 Å². The van der Waals surface area contributed by atoms with Crippen LogP contribution in [-0.4, -0.2) is 17.2 Å². The van der Waals surface area contributed by atoms with Gasteiger partial charge in [0, 0.05) is 0 Å². The number of rotatable bonds is 5. The second kappa shape index (κ2) is 6.72. The Morgan fingerprint density at radius 1 is 1.12 bits per heavy atom. The van der Waals surface area contributed by atoms with E-state index in [1.165, 1.54) is 0 Å². The molecular formula is CH4O7. The Morgan fingerprint density at radius 2 is 1.88 bits per heavy atom. The average Bonchev–Trinajstić information content (AvgIpc) is 1.81. The quantitative estimate of drug-likeness (QED) is 0.216. The Hall–Kier alpha value is -0.280. The Labute approximate surface area is 43.5 Å². The normalized spacial score (nSPS) is 9.75. The maximum atomic E-state index is 7.78. The van der Waals surface area contributed by atoms with Crippen LogP contribution in [0.3, 0.4) is 0 Å². The summed E-state index contributed by atoms with van der Waals surface area (Å²) in [5.74, 6) is 0. The van der Waals surface area contributed by atoms with Crippen LogP contribution in [0.25, 0.3) is 0 Å². The smallest absolute Gasteiger partial charge is 0.181 e. The van der Waals surface area contributed by atoms with Gasteiger partial charge in [-0.1, -0.05) is 0 Å². The molecule has 0 amide bonds. The van der Waals surface area contributed by atoms with Crippen molar-refractivity contribution >= 4 is 0 Å². The van der Waals surface area contributed by atoms with Gasteiger partial charge < -0.3 is 5.11 Å². The lowest BCUT2D eigenvalue weighted by atomic mass is 11.5. The molecule has 0 bridgehead atoms. The van der Waals surface area contributed by atoms with E-state index in [0.717, 1.165) is 0 Å². The molecule has 0 aliphatic carbocycles.